The van der Waals surface area contributed by atoms with Crippen LogP contribution in [0.5, 0.6) is 0 Å². The number of benzene rings is 1. The van der Waals surface area contributed by atoms with Gasteiger partial charge in [0.2, 0.25) is 10.0 Å². The Bertz CT molecular complexity index is 654. The highest BCUT2D eigenvalue weighted by atomic mass is 32.2. The van der Waals surface area contributed by atoms with E-state index in [-0.39, 0.29) is 5.56 Å². The van der Waals surface area contributed by atoms with Crippen molar-refractivity contribution in [3.05, 3.63) is 29.1 Å². The molecule has 9 heteroatoms. The Labute approximate surface area is 121 Å². The zero-order valence-corrected chi connectivity index (χ0v) is 12.2. The van der Waals surface area contributed by atoms with E-state index in [4.69, 9.17) is 15.3 Å². The summed E-state index contributed by atoms with van der Waals surface area (Å²) in [5, 5.41) is 27.1. The maximum absolute atomic E-state index is 13.7. The highest BCUT2D eigenvalue weighted by Crippen LogP contribution is 2.22. The van der Waals surface area contributed by atoms with Crippen LogP contribution in [0.1, 0.15) is 22.8 Å². The zero-order chi connectivity index (χ0) is 16.4. The molecule has 0 radical (unpaired) electrons. The van der Waals surface area contributed by atoms with Gasteiger partial charge in [-0.1, -0.05) is 0 Å². The van der Waals surface area contributed by atoms with E-state index in [1.807, 2.05) is 4.72 Å². The lowest BCUT2D eigenvalue weighted by Gasteiger charge is -2.26. The Balaban J connectivity index is 3.41. The van der Waals surface area contributed by atoms with Crippen LogP contribution in [0.3, 0.4) is 0 Å². The standard InChI is InChI=1S/C12H16FNO6S/c1-7-9(13)3-8(11(17)18)4-10(7)21(19,20)14-12(2,5-15)6-16/h3-4,14-16H,5-6H2,1-2H3,(H,17,18). The van der Waals surface area contributed by atoms with Crippen LogP contribution in [0.15, 0.2) is 17.0 Å². The Morgan fingerprint density at radius 1 is 1.33 bits per heavy atom. The molecule has 0 saturated carbocycles. The van der Waals surface area contributed by atoms with Crippen LogP contribution in [0.2, 0.25) is 0 Å². The molecule has 118 valence electrons. The van der Waals surface area contributed by atoms with Gasteiger partial charge in [0.1, 0.15) is 5.82 Å². The summed E-state index contributed by atoms with van der Waals surface area (Å²) in [5.41, 5.74) is -2.33. The second-order valence-electron chi connectivity index (χ2n) is 4.87. The smallest absolute Gasteiger partial charge is 0.335 e. The number of aromatic carboxylic acids is 1. The fourth-order valence-corrected chi connectivity index (χ4v) is 3.22. The molecule has 7 nitrogen and oxygen atoms in total. The number of carboxylic acid groups (broad SMARTS) is 1. The number of nitrogens with one attached hydrogen (secondary N) is 1. The van der Waals surface area contributed by atoms with Crippen molar-refractivity contribution in [2.24, 2.45) is 0 Å². The summed E-state index contributed by atoms with van der Waals surface area (Å²) < 4.78 is 40.1. The Hall–Kier alpha value is -1.55. The molecule has 1 rings (SSSR count). The Morgan fingerprint density at radius 2 is 1.86 bits per heavy atom. The molecule has 21 heavy (non-hydrogen) atoms. The van der Waals surface area contributed by atoms with E-state index in [2.05, 4.69) is 0 Å². The number of sulfonamides is 1. The molecule has 1 aromatic carbocycles. The zero-order valence-electron chi connectivity index (χ0n) is 11.4. The molecule has 0 aromatic heterocycles. The summed E-state index contributed by atoms with van der Waals surface area (Å²) in [5.74, 6) is -2.46. The van der Waals surface area contributed by atoms with Crippen LogP contribution in [0.4, 0.5) is 4.39 Å². The average Bonchev–Trinajstić information content (AvgIpc) is 2.40. The summed E-state index contributed by atoms with van der Waals surface area (Å²) in [6.07, 6.45) is 0. The third kappa shape index (κ3) is 3.76. The largest absolute Gasteiger partial charge is 0.478 e. The third-order valence-electron chi connectivity index (χ3n) is 2.91. The van der Waals surface area contributed by atoms with Gasteiger partial charge in [-0.3, -0.25) is 0 Å². The molecule has 0 spiro atoms. The first-order valence-electron chi connectivity index (χ1n) is 5.85. The molecule has 0 aliphatic rings. The molecule has 0 bridgehead atoms. The Morgan fingerprint density at radius 3 is 2.29 bits per heavy atom. The molecule has 0 saturated heterocycles. The van der Waals surface area contributed by atoms with Gasteiger partial charge in [0.15, 0.2) is 0 Å². The summed E-state index contributed by atoms with van der Waals surface area (Å²) >= 11 is 0. The second kappa shape index (κ2) is 6.06. The SMILES string of the molecule is Cc1c(F)cc(C(=O)O)cc1S(=O)(=O)NC(C)(CO)CO. The lowest BCUT2D eigenvalue weighted by molar-refractivity contribution is 0.0696. The van der Waals surface area contributed by atoms with Crippen LogP contribution in [-0.4, -0.2) is 48.5 Å². The van der Waals surface area contributed by atoms with E-state index < -0.39 is 51.0 Å². The second-order valence-corrected chi connectivity index (χ2v) is 6.52. The first kappa shape index (κ1) is 17.5. The third-order valence-corrected chi connectivity index (χ3v) is 4.68. The van der Waals surface area contributed by atoms with Gasteiger partial charge >= 0.3 is 5.97 Å². The van der Waals surface area contributed by atoms with Crippen molar-refractivity contribution >= 4 is 16.0 Å². The van der Waals surface area contributed by atoms with Crippen LogP contribution >= 0.6 is 0 Å². The summed E-state index contributed by atoms with van der Waals surface area (Å²) in [6, 6.07) is 1.53. The number of halogens is 1. The maximum Gasteiger partial charge on any atom is 0.335 e. The van der Waals surface area contributed by atoms with Gasteiger partial charge in [0.25, 0.3) is 0 Å². The number of hydrogen-bond acceptors (Lipinski definition) is 5. The van der Waals surface area contributed by atoms with Crippen LogP contribution in [0.25, 0.3) is 0 Å². The first-order chi connectivity index (χ1) is 9.56. The molecule has 4 N–H and O–H groups in total. The fourth-order valence-electron chi connectivity index (χ4n) is 1.55. The van der Waals surface area contributed by atoms with Crippen LogP contribution < -0.4 is 4.72 Å². The molecule has 0 amide bonds. The van der Waals surface area contributed by atoms with E-state index in [0.717, 1.165) is 6.07 Å². The molecule has 1 aromatic rings. The molecule has 0 unspecified atom stereocenters. The van der Waals surface area contributed by atoms with Gasteiger partial charge in [0.05, 0.1) is 29.2 Å². The minimum absolute atomic E-state index is 0.259. The van der Waals surface area contributed by atoms with Crippen LogP contribution in [-0.2, 0) is 10.0 Å². The Kier molecular flexibility index (Phi) is 5.05. The van der Waals surface area contributed by atoms with Gasteiger partial charge in [-0.05, 0) is 26.0 Å². The van der Waals surface area contributed by atoms with E-state index in [1.165, 1.54) is 13.8 Å². The maximum atomic E-state index is 13.7. The molecular formula is C12H16FNO6S. The fraction of sp³-hybridized carbons (Fsp3) is 0.417. The molecule has 0 fully saturated rings. The summed E-state index contributed by atoms with van der Waals surface area (Å²) in [7, 11) is -4.32. The number of aliphatic hydroxyl groups excluding tert-OH is 2. The van der Waals surface area contributed by atoms with Crippen LogP contribution in [0, 0.1) is 12.7 Å². The van der Waals surface area contributed by atoms with E-state index >= 15 is 0 Å². The van der Waals surface area contributed by atoms with Crippen molar-refractivity contribution in [1.29, 1.82) is 0 Å². The summed E-state index contributed by atoms with van der Waals surface area (Å²) in [6.45, 7) is 1.05. The molecular weight excluding hydrogens is 305 g/mol. The number of carboxylic acids is 1. The first-order valence-corrected chi connectivity index (χ1v) is 7.34. The predicted molar refractivity (Wildman–Crippen MR) is 71.0 cm³/mol. The van der Waals surface area contributed by atoms with Crippen molar-refractivity contribution in [2.75, 3.05) is 13.2 Å². The molecule has 0 aliphatic carbocycles. The predicted octanol–water partition coefficient (Wildman–Crippen LogP) is -0.146. The van der Waals surface area contributed by atoms with Crippen molar-refractivity contribution in [1.82, 2.24) is 4.72 Å². The highest BCUT2D eigenvalue weighted by Gasteiger charge is 2.31. The number of carbonyl (C=O) groups is 1. The van der Waals surface area contributed by atoms with Gasteiger partial charge in [0, 0.05) is 5.56 Å². The van der Waals surface area contributed by atoms with Crippen molar-refractivity contribution in [3.8, 4) is 0 Å². The van der Waals surface area contributed by atoms with Gasteiger partial charge < -0.3 is 15.3 Å². The highest BCUT2D eigenvalue weighted by molar-refractivity contribution is 7.89. The normalized spacial score (nSPS) is 12.4. The summed E-state index contributed by atoms with van der Waals surface area (Å²) in [4.78, 5) is 10.3. The topological polar surface area (TPSA) is 124 Å². The van der Waals surface area contributed by atoms with E-state index in [9.17, 15) is 17.6 Å². The van der Waals surface area contributed by atoms with Gasteiger partial charge in [-0.25, -0.2) is 22.3 Å². The number of aliphatic hydroxyl groups is 2. The minimum Gasteiger partial charge on any atom is -0.478 e. The quantitative estimate of drug-likeness (QED) is 0.578. The van der Waals surface area contributed by atoms with Gasteiger partial charge in [-0.15, -0.1) is 0 Å². The monoisotopic (exact) mass is 321 g/mol. The van der Waals surface area contributed by atoms with E-state index in [1.54, 1.807) is 0 Å². The number of hydrogen-bond donors (Lipinski definition) is 4. The molecule has 0 atom stereocenters. The molecule has 0 heterocycles. The van der Waals surface area contributed by atoms with E-state index in [0.29, 0.717) is 6.07 Å². The van der Waals surface area contributed by atoms with Gasteiger partial charge in [-0.2, -0.15) is 0 Å². The lowest BCUT2D eigenvalue weighted by atomic mass is 10.1. The molecule has 0 aliphatic heterocycles. The van der Waals surface area contributed by atoms with Crippen molar-refractivity contribution < 1.29 is 32.9 Å². The lowest BCUT2D eigenvalue weighted by Crippen LogP contribution is -2.51. The van der Waals surface area contributed by atoms with Crippen molar-refractivity contribution in [2.45, 2.75) is 24.3 Å². The average molecular weight is 321 g/mol. The van der Waals surface area contributed by atoms with Crippen molar-refractivity contribution in [3.63, 3.8) is 0 Å². The minimum atomic E-state index is -4.32. The number of rotatable bonds is 6.